The summed E-state index contributed by atoms with van der Waals surface area (Å²) in [6.45, 7) is 1.96. The number of aromatic hydroxyl groups is 1. The van der Waals surface area contributed by atoms with Crippen molar-refractivity contribution < 1.29 is 19.4 Å². The minimum Gasteiger partial charge on any atom is -0.507 e. The maximum atomic E-state index is 12.9. The van der Waals surface area contributed by atoms with Gasteiger partial charge in [-0.05, 0) is 37.3 Å². The number of hydrogen-bond donors (Lipinski definition) is 3. The Kier molecular flexibility index (Phi) is 4.04. The summed E-state index contributed by atoms with van der Waals surface area (Å²) >= 11 is 0. The lowest BCUT2D eigenvalue weighted by atomic mass is 9.76. The molecule has 0 bridgehead atoms. The van der Waals surface area contributed by atoms with Crippen LogP contribution in [0.2, 0.25) is 0 Å². The molecule has 1 aliphatic rings. The van der Waals surface area contributed by atoms with Gasteiger partial charge in [0.25, 0.3) is 5.91 Å². The normalized spacial score (nSPS) is 23.5. The first kappa shape index (κ1) is 13.8. The number of aliphatic hydroxyl groups is 1. The van der Waals surface area contributed by atoms with Crippen LogP contribution >= 0.6 is 0 Å². The zero-order chi connectivity index (χ0) is 14.0. The summed E-state index contributed by atoms with van der Waals surface area (Å²) in [5.74, 6) is -1.08. The van der Waals surface area contributed by atoms with Crippen molar-refractivity contribution in [2.24, 2.45) is 5.92 Å². The van der Waals surface area contributed by atoms with Crippen LogP contribution in [0, 0.1) is 11.7 Å². The zero-order valence-corrected chi connectivity index (χ0v) is 10.8. The van der Waals surface area contributed by atoms with Gasteiger partial charge in [-0.2, -0.15) is 0 Å². The monoisotopic (exact) mass is 267 g/mol. The van der Waals surface area contributed by atoms with Gasteiger partial charge in [0, 0.05) is 12.1 Å². The van der Waals surface area contributed by atoms with E-state index in [2.05, 4.69) is 5.32 Å². The summed E-state index contributed by atoms with van der Waals surface area (Å²) in [4.78, 5) is 12.0. The van der Waals surface area contributed by atoms with Crippen molar-refractivity contribution in [1.82, 2.24) is 5.32 Å². The van der Waals surface area contributed by atoms with Gasteiger partial charge in [0.15, 0.2) is 0 Å². The number of phenolic OH excluding ortho intramolecular Hbond substituents is 1. The lowest BCUT2D eigenvalue weighted by Gasteiger charge is -2.37. The lowest BCUT2D eigenvalue weighted by Crippen LogP contribution is -2.46. The molecular formula is C14H18FNO3. The van der Waals surface area contributed by atoms with Gasteiger partial charge >= 0.3 is 0 Å². The first-order chi connectivity index (χ1) is 9.01. The SMILES string of the molecule is CC[C@H](NC(=O)c1ccc(F)cc1O)C1CC(O)C1. The molecule has 0 aliphatic heterocycles. The first-order valence-electron chi connectivity index (χ1n) is 6.48. The minimum absolute atomic E-state index is 0.0275. The van der Waals surface area contributed by atoms with Gasteiger partial charge in [-0.1, -0.05) is 6.92 Å². The molecule has 0 aromatic heterocycles. The average Bonchev–Trinajstić information content (AvgIpc) is 2.32. The van der Waals surface area contributed by atoms with Crippen LogP contribution in [0.4, 0.5) is 4.39 Å². The van der Waals surface area contributed by atoms with E-state index in [0.717, 1.165) is 18.6 Å². The molecule has 0 spiro atoms. The molecule has 4 nitrogen and oxygen atoms in total. The van der Waals surface area contributed by atoms with Crippen molar-refractivity contribution in [2.45, 2.75) is 38.3 Å². The van der Waals surface area contributed by atoms with E-state index >= 15 is 0 Å². The number of amides is 1. The second-order valence-corrected chi connectivity index (χ2v) is 5.03. The van der Waals surface area contributed by atoms with Crippen LogP contribution in [0.1, 0.15) is 36.5 Å². The molecule has 1 aromatic rings. The van der Waals surface area contributed by atoms with E-state index in [1.165, 1.54) is 6.07 Å². The Balaban J connectivity index is 2.03. The van der Waals surface area contributed by atoms with E-state index in [0.29, 0.717) is 12.8 Å². The summed E-state index contributed by atoms with van der Waals surface area (Å²) in [7, 11) is 0. The minimum atomic E-state index is -0.580. The number of carbonyl (C=O) groups is 1. The number of carbonyl (C=O) groups excluding carboxylic acids is 1. The Morgan fingerprint density at radius 1 is 1.53 bits per heavy atom. The van der Waals surface area contributed by atoms with Crippen LogP contribution in [-0.2, 0) is 0 Å². The second-order valence-electron chi connectivity index (χ2n) is 5.03. The van der Waals surface area contributed by atoms with Crippen LogP contribution in [0.15, 0.2) is 18.2 Å². The molecule has 1 atom stereocenters. The van der Waals surface area contributed by atoms with E-state index < -0.39 is 11.7 Å². The van der Waals surface area contributed by atoms with Crippen molar-refractivity contribution in [3.8, 4) is 5.75 Å². The fraction of sp³-hybridized carbons (Fsp3) is 0.500. The Labute approximate surface area is 111 Å². The Bertz CT molecular complexity index is 472. The number of halogens is 1. The molecule has 1 amide bonds. The molecule has 3 N–H and O–H groups in total. The maximum Gasteiger partial charge on any atom is 0.255 e. The average molecular weight is 267 g/mol. The van der Waals surface area contributed by atoms with Gasteiger partial charge in [0.05, 0.1) is 11.7 Å². The van der Waals surface area contributed by atoms with E-state index in [-0.39, 0.29) is 29.4 Å². The number of rotatable bonds is 4. The van der Waals surface area contributed by atoms with Crippen LogP contribution in [-0.4, -0.2) is 28.3 Å². The molecule has 19 heavy (non-hydrogen) atoms. The van der Waals surface area contributed by atoms with E-state index in [9.17, 15) is 19.4 Å². The third-order valence-corrected chi connectivity index (χ3v) is 3.68. The molecule has 1 aromatic carbocycles. The summed E-state index contributed by atoms with van der Waals surface area (Å²) in [6.07, 6.45) is 1.86. The van der Waals surface area contributed by atoms with Crippen molar-refractivity contribution in [3.05, 3.63) is 29.6 Å². The molecule has 0 heterocycles. The highest BCUT2D eigenvalue weighted by molar-refractivity contribution is 5.96. The van der Waals surface area contributed by atoms with Gasteiger partial charge in [-0.3, -0.25) is 4.79 Å². The number of hydrogen-bond acceptors (Lipinski definition) is 3. The van der Waals surface area contributed by atoms with Crippen LogP contribution in [0.25, 0.3) is 0 Å². The number of phenols is 1. The quantitative estimate of drug-likeness (QED) is 0.779. The van der Waals surface area contributed by atoms with Crippen molar-refractivity contribution in [2.75, 3.05) is 0 Å². The molecule has 1 aliphatic carbocycles. The second kappa shape index (κ2) is 5.57. The van der Waals surface area contributed by atoms with E-state index in [1.807, 2.05) is 6.92 Å². The van der Waals surface area contributed by atoms with Gasteiger partial charge in [0.1, 0.15) is 11.6 Å². The summed E-state index contributed by atoms with van der Waals surface area (Å²) in [5.41, 5.74) is 0.0692. The third kappa shape index (κ3) is 3.04. The van der Waals surface area contributed by atoms with Crippen molar-refractivity contribution in [3.63, 3.8) is 0 Å². The predicted octanol–water partition coefficient (Wildman–Crippen LogP) is 1.81. The topological polar surface area (TPSA) is 69.6 Å². The molecule has 0 unspecified atom stereocenters. The van der Waals surface area contributed by atoms with E-state index in [4.69, 9.17) is 0 Å². The number of aliphatic hydroxyl groups excluding tert-OH is 1. The van der Waals surface area contributed by atoms with E-state index in [1.54, 1.807) is 0 Å². The Morgan fingerprint density at radius 2 is 2.21 bits per heavy atom. The van der Waals surface area contributed by atoms with Gasteiger partial charge in [0.2, 0.25) is 0 Å². The predicted molar refractivity (Wildman–Crippen MR) is 68.3 cm³/mol. The molecule has 0 saturated heterocycles. The molecule has 1 fully saturated rings. The largest absolute Gasteiger partial charge is 0.507 e. The molecular weight excluding hydrogens is 249 g/mol. The van der Waals surface area contributed by atoms with Gasteiger partial charge in [-0.15, -0.1) is 0 Å². The Morgan fingerprint density at radius 3 is 2.74 bits per heavy atom. The smallest absolute Gasteiger partial charge is 0.255 e. The molecule has 2 rings (SSSR count). The molecule has 104 valence electrons. The first-order valence-corrected chi connectivity index (χ1v) is 6.48. The standard InChI is InChI=1S/C14H18FNO3/c1-2-12(8-5-10(17)6-8)16-14(19)11-4-3-9(15)7-13(11)18/h3-4,7-8,10,12,17-18H,2,5-6H2,1H3,(H,16,19)/t8?,10?,12-/m0/s1. The third-order valence-electron chi connectivity index (χ3n) is 3.68. The maximum absolute atomic E-state index is 12.9. The highest BCUT2D eigenvalue weighted by Crippen LogP contribution is 2.31. The fourth-order valence-corrected chi connectivity index (χ4v) is 2.45. The molecule has 5 heteroatoms. The fourth-order valence-electron chi connectivity index (χ4n) is 2.45. The summed E-state index contributed by atoms with van der Waals surface area (Å²) in [6, 6.07) is 3.30. The zero-order valence-electron chi connectivity index (χ0n) is 10.8. The van der Waals surface area contributed by atoms with Gasteiger partial charge < -0.3 is 15.5 Å². The summed E-state index contributed by atoms with van der Waals surface area (Å²) in [5, 5.41) is 21.7. The number of benzene rings is 1. The molecule has 0 radical (unpaired) electrons. The highest BCUT2D eigenvalue weighted by atomic mass is 19.1. The van der Waals surface area contributed by atoms with Crippen molar-refractivity contribution >= 4 is 5.91 Å². The lowest BCUT2D eigenvalue weighted by molar-refractivity contribution is 0.0232. The molecule has 1 saturated carbocycles. The van der Waals surface area contributed by atoms with Crippen LogP contribution in [0.5, 0.6) is 5.75 Å². The highest BCUT2D eigenvalue weighted by Gasteiger charge is 2.34. The van der Waals surface area contributed by atoms with Crippen molar-refractivity contribution in [1.29, 1.82) is 0 Å². The Hall–Kier alpha value is -1.62. The van der Waals surface area contributed by atoms with Crippen LogP contribution in [0.3, 0.4) is 0 Å². The van der Waals surface area contributed by atoms with Gasteiger partial charge in [-0.25, -0.2) is 4.39 Å². The summed E-state index contributed by atoms with van der Waals surface area (Å²) < 4.78 is 12.9. The van der Waals surface area contributed by atoms with Crippen LogP contribution < -0.4 is 5.32 Å². The number of nitrogens with one attached hydrogen (secondary N) is 1.